The van der Waals surface area contributed by atoms with Gasteiger partial charge in [0.25, 0.3) is 0 Å². The van der Waals surface area contributed by atoms with Gasteiger partial charge in [0.1, 0.15) is 11.2 Å². The van der Waals surface area contributed by atoms with E-state index in [1.54, 1.807) is 0 Å². The molecule has 4 aromatic heterocycles. The van der Waals surface area contributed by atoms with Crippen LogP contribution < -0.4 is 16.2 Å². The fraction of sp³-hybridized carbons (Fsp3) is 0.0943. The lowest BCUT2D eigenvalue weighted by Crippen LogP contribution is -2.37. The summed E-state index contributed by atoms with van der Waals surface area (Å²) in [5.41, 5.74) is 15.2. The maximum atomic E-state index is 6.57. The van der Waals surface area contributed by atoms with E-state index in [1.807, 2.05) is 22.7 Å². The van der Waals surface area contributed by atoms with Crippen LogP contribution in [0.25, 0.3) is 101 Å². The molecule has 0 unspecified atom stereocenters. The molecule has 59 heavy (non-hydrogen) atoms. The SMILES string of the molecule is Cc1cc(-c2cc3c(cc2Nc2ccc(C(C)(C)C)cc2)sc2ccccc23)c2c3c1c1cc4c(cc1n3-c1cc3c(cc1[B]2)sc1ccccc13)oc1ccccc14. The summed E-state index contributed by atoms with van der Waals surface area (Å²) < 4.78 is 14.3. The van der Waals surface area contributed by atoms with Crippen molar-refractivity contribution in [2.75, 3.05) is 5.32 Å². The Kier molecular flexibility index (Phi) is 6.77. The maximum Gasteiger partial charge on any atom is 0.197 e. The molecule has 1 aliphatic heterocycles. The van der Waals surface area contributed by atoms with E-state index in [4.69, 9.17) is 4.42 Å². The number of para-hydroxylation sites is 1. The Bertz CT molecular complexity index is 3780. The largest absolute Gasteiger partial charge is 0.456 e. The molecule has 8 aromatic carbocycles. The van der Waals surface area contributed by atoms with Crippen LogP contribution in [0, 0.1) is 6.92 Å². The highest BCUT2D eigenvalue weighted by molar-refractivity contribution is 7.26. The number of hydrogen-bond donors (Lipinski definition) is 1. The summed E-state index contributed by atoms with van der Waals surface area (Å²) >= 11 is 3.74. The van der Waals surface area contributed by atoms with Gasteiger partial charge in [0.15, 0.2) is 7.28 Å². The van der Waals surface area contributed by atoms with Gasteiger partial charge >= 0.3 is 0 Å². The second-order valence-corrected chi connectivity index (χ2v) is 19.4. The molecule has 0 fully saturated rings. The Morgan fingerprint density at radius 3 is 2.00 bits per heavy atom. The molecule has 0 spiro atoms. The monoisotopic (exact) mass is 791 g/mol. The van der Waals surface area contributed by atoms with Gasteiger partial charge in [-0.1, -0.05) is 99.0 Å². The van der Waals surface area contributed by atoms with Crippen LogP contribution in [-0.4, -0.2) is 11.8 Å². The quantitative estimate of drug-likeness (QED) is 0.181. The van der Waals surface area contributed by atoms with Gasteiger partial charge in [-0.2, -0.15) is 0 Å². The van der Waals surface area contributed by atoms with Gasteiger partial charge in [-0.05, 0) is 95.2 Å². The van der Waals surface area contributed by atoms with Crippen LogP contribution in [0.2, 0.25) is 0 Å². The predicted octanol–water partition coefficient (Wildman–Crippen LogP) is 14.4. The third-order valence-corrected chi connectivity index (χ3v) is 14.9. The van der Waals surface area contributed by atoms with Crippen molar-refractivity contribution in [3.63, 3.8) is 0 Å². The summed E-state index contributed by atoms with van der Waals surface area (Å²) in [4.78, 5) is 0. The summed E-state index contributed by atoms with van der Waals surface area (Å²) in [6.07, 6.45) is 0. The lowest BCUT2D eigenvalue weighted by atomic mass is 9.58. The average Bonchev–Trinajstić information content (AvgIpc) is 3.99. The highest BCUT2D eigenvalue weighted by Gasteiger charge is 2.30. The summed E-state index contributed by atoms with van der Waals surface area (Å²) in [6, 6.07) is 51.8. The number of nitrogens with one attached hydrogen (secondary N) is 1. The van der Waals surface area contributed by atoms with E-state index >= 15 is 0 Å². The van der Waals surface area contributed by atoms with Gasteiger partial charge in [-0.3, -0.25) is 0 Å². The number of aryl methyl sites for hydroxylation is 1. The Hall–Kier alpha value is -6.34. The lowest BCUT2D eigenvalue weighted by molar-refractivity contribution is 0.590. The van der Waals surface area contributed by atoms with E-state index in [-0.39, 0.29) is 5.41 Å². The van der Waals surface area contributed by atoms with Crippen molar-refractivity contribution < 1.29 is 4.42 Å². The number of thiophene rings is 2. The van der Waals surface area contributed by atoms with Crippen LogP contribution in [0.4, 0.5) is 11.4 Å². The normalized spacial score (nSPS) is 12.9. The van der Waals surface area contributed by atoms with Crippen molar-refractivity contribution in [1.82, 2.24) is 4.57 Å². The van der Waals surface area contributed by atoms with Crippen molar-refractivity contribution in [3.8, 4) is 16.8 Å². The first-order valence-electron chi connectivity index (χ1n) is 20.3. The standard InChI is InChI=1S/C53H36BN2OS2/c1-28-21-38(34-22-36-32-12-6-9-15-46(32)59-49(36)26-41(34)55-30-19-17-29(18-20-30)53(2,3)4)51-52-50(28)39-23-35-31-11-5-8-14-44(31)57-45(35)27-42(39)56(52)43-24-37-33-13-7-10-16-47(33)58-48(37)25-40(43)54-51/h5-27,55H,1-4H3. The van der Waals surface area contributed by atoms with Crippen molar-refractivity contribution in [2.24, 2.45) is 0 Å². The van der Waals surface area contributed by atoms with Gasteiger partial charge < -0.3 is 14.3 Å². The summed E-state index contributed by atoms with van der Waals surface area (Å²) in [5.74, 6) is 0. The van der Waals surface area contributed by atoms with Crippen LogP contribution in [-0.2, 0) is 5.41 Å². The molecule has 0 atom stereocenters. The van der Waals surface area contributed by atoms with Gasteiger partial charge in [0.05, 0.1) is 5.52 Å². The molecule has 6 heteroatoms. The number of anilines is 2. The smallest absolute Gasteiger partial charge is 0.197 e. The molecule has 0 bridgehead atoms. The topological polar surface area (TPSA) is 30.1 Å². The summed E-state index contributed by atoms with van der Waals surface area (Å²) in [7, 11) is 2.46. The first-order valence-corrected chi connectivity index (χ1v) is 22.0. The minimum atomic E-state index is 0.0803. The number of aromatic nitrogens is 1. The minimum Gasteiger partial charge on any atom is -0.456 e. The molecule has 0 amide bonds. The second kappa shape index (κ2) is 11.9. The number of rotatable bonds is 3. The van der Waals surface area contributed by atoms with Crippen LogP contribution >= 0.6 is 22.7 Å². The first-order chi connectivity index (χ1) is 28.7. The Balaban J connectivity index is 1.13. The van der Waals surface area contributed by atoms with Crippen LogP contribution in [0.1, 0.15) is 31.9 Å². The molecular weight excluding hydrogens is 756 g/mol. The number of benzene rings is 8. The fourth-order valence-corrected chi connectivity index (χ4v) is 12.1. The van der Waals surface area contributed by atoms with Gasteiger partial charge in [-0.15, -0.1) is 22.7 Å². The average molecular weight is 792 g/mol. The zero-order valence-electron chi connectivity index (χ0n) is 33.0. The second-order valence-electron chi connectivity index (χ2n) is 17.3. The third kappa shape index (κ3) is 4.82. The first kappa shape index (κ1) is 33.6. The minimum absolute atomic E-state index is 0.0803. The Labute approximate surface area is 349 Å². The van der Waals surface area contributed by atoms with Gasteiger partial charge in [-0.25, -0.2) is 0 Å². The number of hydrogen-bond acceptors (Lipinski definition) is 4. The van der Waals surface area contributed by atoms with Crippen LogP contribution in [0.3, 0.4) is 0 Å². The Morgan fingerprint density at radius 1 is 0.576 bits per heavy atom. The highest BCUT2D eigenvalue weighted by Crippen LogP contribution is 2.46. The molecule has 1 N–H and O–H groups in total. The van der Waals surface area contributed by atoms with E-state index in [9.17, 15) is 0 Å². The Morgan fingerprint density at radius 2 is 1.25 bits per heavy atom. The molecule has 5 heterocycles. The van der Waals surface area contributed by atoms with E-state index < -0.39 is 0 Å². The predicted molar refractivity (Wildman–Crippen MR) is 257 cm³/mol. The number of nitrogens with zero attached hydrogens (tertiary/aromatic N) is 1. The molecule has 0 aliphatic carbocycles. The molecule has 0 saturated carbocycles. The molecular formula is C53H36BN2OS2. The van der Waals surface area contributed by atoms with E-state index in [0.717, 1.165) is 38.8 Å². The van der Waals surface area contributed by atoms with Gasteiger partial charge in [0.2, 0.25) is 0 Å². The zero-order chi connectivity index (χ0) is 39.3. The van der Waals surface area contributed by atoms with Crippen LogP contribution in [0.15, 0.2) is 144 Å². The zero-order valence-corrected chi connectivity index (χ0v) is 34.7. The van der Waals surface area contributed by atoms with E-state index in [0.29, 0.717) is 0 Å². The molecule has 12 aromatic rings. The molecule has 0 saturated heterocycles. The van der Waals surface area contributed by atoms with E-state index in [1.165, 1.54) is 95.5 Å². The molecule has 13 rings (SSSR count). The van der Waals surface area contributed by atoms with Crippen molar-refractivity contribution >= 4 is 136 Å². The third-order valence-electron chi connectivity index (χ3n) is 12.7. The summed E-state index contributed by atoms with van der Waals surface area (Å²) in [6.45, 7) is 9.11. The molecule has 279 valence electrons. The maximum absolute atomic E-state index is 6.57. The van der Waals surface area contributed by atoms with E-state index in [2.05, 4.69) is 184 Å². The van der Waals surface area contributed by atoms with Crippen molar-refractivity contribution in [1.29, 1.82) is 0 Å². The number of fused-ring (bicyclic) bond motifs is 14. The lowest BCUT2D eigenvalue weighted by Gasteiger charge is -2.25. The number of furan rings is 1. The summed E-state index contributed by atoms with van der Waals surface area (Å²) in [5, 5.41) is 14.0. The fourth-order valence-electron chi connectivity index (χ4n) is 9.82. The molecule has 1 radical (unpaired) electrons. The van der Waals surface area contributed by atoms with Gasteiger partial charge in [0, 0.05) is 96.1 Å². The van der Waals surface area contributed by atoms with Crippen molar-refractivity contribution in [2.45, 2.75) is 33.1 Å². The highest BCUT2D eigenvalue weighted by atomic mass is 32.1. The molecule has 3 nitrogen and oxygen atoms in total. The van der Waals surface area contributed by atoms with Crippen LogP contribution in [0.5, 0.6) is 0 Å². The van der Waals surface area contributed by atoms with Crippen molar-refractivity contribution in [3.05, 3.63) is 151 Å². The molecule has 1 aliphatic rings.